The fourth-order valence-corrected chi connectivity index (χ4v) is 1.62. The molecule has 66 valence electrons. The van der Waals surface area contributed by atoms with Crippen LogP contribution in [0.2, 0.25) is 0 Å². The first-order valence-electron chi connectivity index (χ1n) is 4.81. The zero-order chi connectivity index (χ0) is 8.27. The molecule has 2 atom stereocenters. The summed E-state index contributed by atoms with van der Waals surface area (Å²) in [5.74, 6) is 1.57. The molecule has 1 saturated heterocycles. The molecule has 0 aromatic rings. The summed E-state index contributed by atoms with van der Waals surface area (Å²) in [7, 11) is 0. The summed E-state index contributed by atoms with van der Waals surface area (Å²) in [6, 6.07) is 0. The molecule has 11 heavy (non-hydrogen) atoms. The second-order valence-electron chi connectivity index (χ2n) is 4.12. The monoisotopic (exact) mass is 156 g/mol. The fourth-order valence-electron chi connectivity index (χ4n) is 1.62. The van der Waals surface area contributed by atoms with E-state index in [1.165, 1.54) is 19.3 Å². The van der Waals surface area contributed by atoms with Gasteiger partial charge in [0.05, 0.1) is 6.10 Å². The highest BCUT2D eigenvalue weighted by atomic mass is 16.5. The highest BCUT2D eigenvalue weighted by Gasteiger charge is 2.18. The summed E-state index contributed by atoms with van der Waals surface area (Å²) in [5.41, 5.74) is 0. The van der Waals surface area contributed by atoms with Crippen molar-refractivity contribution in [3.05, 3.63) is 0 Å². The Labute approximate surface area is 70.1 Å². The van der Waals surface area contributed by atoms with Crippen molar-refractivity contribution >= 4 is 0 Å². The van der Waals surface area contributed by atoms with E-state index in [4.69, 9.17) is 4.74 Å². The van der Waals surface area contributed by atoms with Gasteiger partial charge in [-0.25, -0.2) is 0 Å². The van der Waals surface area contributed by atoms with Crippen molar-refractivity contribution in [2.24, 2.45) is 11.8 Å². The number of hydrogen-bond acceptors (Lipinski definition) is 1. The minimum atomic E-state index is 0.528. The molecule has 0 N–H and O–H groups in total. The Hall–Kier alpha value is -0.0400. The van der Waals surface area contributed by atoms with Gasteiger partial charge in [0.2, 0.25) is 0 Å². The maximum absolute atomic E-state index is 5.73. The van der Waals surface area contributed by atoms with Crippen molar-refractivity contribution in [3.63, 3.8) is 0 Å². The van der Waals surface area contributed by atoms with Gasteiger partial charge in [0, 0.05) is 6.61 Å². The summed E-state index contributed by atoms with van der Waals surface area (Å²) in [4.78, 5) is 0. The van der Waals surface area contributed by atoms with Gasteiger partial charge in [-0.2, -0.15) is 0 Å². The fraction of sp³-hybridized carbons (Fsp3) is 1.00. The highest BCUT2D eigenvalue weighted by molar-refractivity contribution is 4.68. The van der Waals surface area contributed by atoms with Crippen LogP contribution >= 0.6 is 0 Å². The normalized spacial score (nSPS) is 33.8. The van der Waals surface area contributed by atoms with Gasteiger partial charge < -0.3 is 4.74 Å². The summed E-state index contributed by atoms with van der Waals surface area (Å²) in [6.45, 7) is 7.80. The first-order chi connectivity index (χ1) is 5.20. The van der Waals surface area contributed by atoms with Crippen LogP contribution in [0.1, 0.15) is 40.0 Å². The minimum absolute atomic E-state index is 0.528. The van der Waals surface area contributed by atoms with E-state index < -0.39 is 0 Å². The zero-order valence-corrected chi connectivity index (χ0v) is 7.97. The first-order valence-corrected chi connectivity index (χ1v) is 4.81. The van der Waals surface area contributed by atoms with E-state index >= 15 is 0 Å². The average molecular weight is 156 g/mol. The molecule has 0 amide bonds. The van der Waals surface area contributed by atoms with Crippen molar-refractivity contribution in [2.75, 3.05) is 6.61 Å². The summed E-state index contributed by atoms with van der Waals surface area (Å²) in [5, 5.41) is 0. The molecule has 0 spiro atoms. The number of ether oxygens (including phenoxy) is 1. The third-order valence-corrected chi connectivity index (χ3v) is 2.63. The molecular formula is C10H20O. The Morgan fingerprint density at radius 2 is 1.91 bits per heavy atom. The number of rotatable bonds is 1. The van der Waals surface area contributed by atoms with Crippen LogP contribution in [-0.4, -0.2) is 12.7 Å². The molecule has 0 aliphatic carbocycles. The topological polar surface area (TPSA) is 9.23 Å². The molecular weight excluding hydrogens is 136 g/mol. The third-order valence-electron chi connectivity index (χ3n) is 2.63. The van der Waals surface area contributed by atoms with Crippen LogP contribution < -0.4 is 0 Å². The van der Waals surface area contributed by atoms with E-state index in [1.807, 2.05) is 0 Å². The maximum atomic E-state index is 5.73. The van der Waals surface area contributed by atoms with E-state index in [2.05, 4.69) is 20.8 Å². The van der Waals surface area contributed by atoms with Crippen LogP contribution in [0, 0.1) is 11.8 Å². The van der Waals surface area contributed by atoms with Gasteiger partial charge in [-0.05, 0) is 31.1 Å². The van der Waals surface area contributed by atoms with Gasteiger partial charge in [0.15, 0.2) is 0 Å². The molecule has 0 saturated carbocycles. The molecule has 1 aliphatic heterocycles. The molecule has 1 fully saturated rings. The van der Waals surface area contributed by atoms with E-state index in [0.717, 1.165) is 12.5 Å². The largest absolute Gasteiger partial charge is 0.378 e. The molecule has 0 aromatic heterocycles. The van der Waals surface area contributed by atoms with Crippen LogP contribution in [0.4, 0.5) is 0 Å². The lowest BCUT2D eigenvalue weighted by atomic mass is 9.97. The molecule has 0 aromatic carbocycles. The van der Waals surface area contributed by atoms with E-state index in [0.29, 0.717) is 12.0 Å². The smallest absolute Gasteiger partial charge is 0.0598 e. The lowest BCUT2D eigenvalue weighted by Crippen LogP contribution is -2.18. The molecule has 1 rings (SSSR count). The van der Waals surface area contributed by atoms with Crippen LogP contribution in [0.3, 0.4) is 0 Å². The van der Waals surface area contributed by atoms with E-state index in [9.17, 15) is 0 Å². The van der Waals surface area contributed by atoms with Crippen molar-refractivity contribution in [1.29, 1.82) is 0 Å². The minimum Gasteiger partial charge on any atom is -0.378 e. The molecule has 1 heteroatoms. The lowest BCUT2D eigenvalue weighted by Gasteiger charge is -2.18. The van der Waals surface area contributed by atoms with Crippen LogP contribution in [-0.2, 0) is 4.74 Å². The Kier molecular flexibility index (Phi) is 3.38. The Morgan fingerprint density at radius 1 is 1.18 bits per heavy atom. The average Bonchev–Trinajstić information content (AvgIpc) is 2.13. The Bertz CT molecular complexity index is 109. The van der Waals surface area contributed by atoms with Gasteiger partial charge in [-0.1, -0.05) is 20.8 Å². The first kappa shape index (κ1) is 9.05. The standard InChI is InChI=1S/C10H20O/c1-8(2)10-5-4-9(3)6-7-11-10/h8-10H,4-7H2,1-3H3/t9-,10?/m0/s1. The summed E-state index contributed by atoms with van der Waals surface area (Å²) in [6.07, 6.45) is 4.39. The second kappa shape index (κ2) is 4.10. The van der Waals surface area contributed by atoms with E-state index in [1.54, 1.807) is 0 Å². The van der Waals surface area contributed by atoms with Gasteiger partial charge in [-0.3, -0.25) is 0 Å². The number of hydrogen-bond donors (Lipinski definition) is 0. The van der Waals surface area contributed by atoms with Crippen LogP contribution in [0.15, 0.2) is 0 Å². The highest BCUT2D eigenvalue weighted by Crippen LogP contribution is 2.22. The van der Waals surface area contributed by atoms with Gasteiger partial charge in [0.1, 0.15) is 0 Å². The predicted octanol–water partition coefficient (Wildman–Crippen LogP) is 2.85. The molecule has 1 nitrogen and oxygen atoms in total. The molecule has 1 unspecified atom stereocenters. The van der Waals surface area contributed by atoms with Crippen molar-refractivity contribution in [3.8, 4) is 0 Å². The van der Waals surface area contributed by atoms with Crippen LogP contribution in [0.25, 0.3) is 0 Å². The second-order valence-corrected chi connectivity index (χ2v) is 4.12. The zero-order valence-electron chi connectivity index (χ0n) is 7.97. The van der Waals surface area contributed by atoms with Gasteiger partial charge in [-0.15, -0.1) is 0 Å². The maximum Gasteiger partial charge on any atom is 0.0598 e. The molecule has 0 radical (unpaired) electrons. The van der Waals surface area contributed by atoms with Crippen molar-refractivity contribution < 1.29 is 4.74 Å². The quantitative estimate of drug-likeness (QED) is 0.567. The Morgan fingerprint density at radius 3 is 2.55 bits per heavy atom. The van der Waals surface area contributed by atoms with Gasteiger partial charge in [0.25, 0.3) is 0 Å². The molecule has 1 aliphatic rings. The van der Waals surface area contributed by atoms with E-state index in [-0.39, 0.29) is 0 Å². The summed E-state index contributed by atoms with van der Waals surface area (Å²) < 4.78 is 5.73. The third kappa shape index (κ3) is 2.82. The molecule has 0 bridgehead atoms. The Balaban J connectivity index is 2.34. The lowest BCUT2D eigenvalue weighted by molar-refractivity contribution is 0.0269. The van der Waals surface area contributed by atoms with Crippen LogP contribution in [0.5, 0.6) is 0 Å². The van der Waals surface area contributed by atoms with Gasteiger partial charge >= 0.3 is 0 Å². The summed E-state index contributed by atoms with van der Waals surface area (Å²) >= 11 is 0. The van der Waals surface area contributed by atoms with Crippen molar-refractivity contribution in [1.82, 2.24) is 0 Å². The SMILES string of the molecule is CC(C)C1CC[C@H](C)CCO1. The predicted molar refractivity (Wildman–Crippen MR) is 47.6 cm³/mol. The van der Waals surface area contributed by atoms with Crippen molar-refractivity contribution in [2.45, 2.75) is 46.1 Å². The molecule has 1 heterocycles.